The lowest BCUT2D eigenvalue weighted by atomic mass is 10.1. The van der Waals surface area contributed by atoms with Crippen LogP contribution < -0.4 is 4.90 Å². The minimum atomic E-state index is 0.279. The van der Waals surface area contributed by atoms with Crippen molar-refractivity contribution in [2.75, 3.05) is 50.8 Å². The predicted octanol–water partition coefficient (Wildman–Crippen LogP) is 1.74. The molecule has 0 unspecified atom stereocenters. The third kappa shape index (κ3) is 3.23. The first-order chi connectivity index (χ1) is 13.7. The van der Waals surface area contributed by atoms with E-state index in [9.17, 15) is 0 Å². The number of ether oxygens (including phenoxy) is 1. The molecule has 1 atom stereocenters. The summed E-state index contributed by atoms with van der Waals surface area (Å²) in [7, 11) is 0. The number of piperazine rings is 1. The molecule has 0 aliphatic carbocycles. The number of hydrogen-bond acceptors (Lipinski definition) is 7. The van der Waals surface area contributed by atoms with Crippen LogP contribution in [0.3, 0.4) is 0 Å². The maximum atomic E-state index is 6.29. The number of halogens is 1. The van der Waals surface area contributed by atoms with Gasteiger partial charge in [-0.25, -0.2) is 4.98 Å². The molecule has 0 bridgehead atoms. The van der Waals surface area contributed by atoms with Gasteiger partial charge in [0.1, 0.15) is 5.82 Å². The summed E-state index contributed by atoms with van der Waals surface area (Å²) in [5.74, 6) is 1.87. The van der Waals surface area contributed by atoms with Gasteiger partial charge in [-0.05, 0) is 31.1 Å². The number of morpholine rings is 1. The monoisotopic (exact) mass is 403 g/mol. The van der Waals surface area contributed by atoms with Crippen molar-refractivity contribution in [1.29, 1.82) is 0 Å². The zero-order valence-electron chi connectivity index (χ0n) is 16.2. The molecule has 8 nitrogen and oxygen atoms in total. The Morgan fingerprint density at radius 3 is 2.82 bits per heavy atom. The Labute approximate surface area is 169 Å². The van der Waals surface area contributed by atoms with Crippen LogP contribution in [0.5, 0.6) is 0 Å². The Bertz CT molecular complexity index is 892. The molecule has 2 fully saturated rings. The van der Waals surface area contributed by atoms with Crippen LogP contribution in [-0.2, 0) is 17.8 Å². The van der Waals surface area contributed by atoms with Crippen LogP contribution >= 0.6 is 11.6 Å². The first-order valence-corrected chi connectivity index (χ1v) is 10.5. The third-order valence-electron chi connectivity index (χ3n) is 5.94. The summed E-state index contributed by atoms with van der Waals surface area (Å²) in [5.41, 5.74) is 1.68. The smallest absolute Gasteiger partial charge is 0.226 e. The van der Waals surface area contributed by atoms with Gasteiger partial charge >= 0.3 is 0 Å². The van der Waals surface area contributed by atoms with E-state index in [4.69, 9.17) is 21.3 Å². The number of rotatable bonds is 4. The van der Waals surface area contributed by atoms with E-state index in [0.717, 1.165) is 75.0 Å². The second kappa shape index (κ2) is 7.50. The Morgan fingerprint density at radius 1 is 1.14 bits per heavy atom. The van der Waals surface area contributed by atoms with E-state index in [1.807, 2.05) is 0 Å². The summed E-state index contributed by atoms with van der Waals surface area (Å²) in [5, 5.41) is 0.279. The summed E-state index contributed by atoms with van der Waals surface area (Å²) >= 11 is 6.29. The molecule has 0 aromatic carbocycles. The minimum Gasteiger partial charge on any atom is -0.378 e. The van der Waals surface area contributed by atoms with Gasteiger partial charge in [0.2, 0.25) is 5.28 Å². The number of imidazole rings is 1. The highest BCUT2D eigenvalue weighted by Gasteiger charge is 2.29. The fourth-order valence-corrected chi connectivity index (χ4v) is 4.65. The van der Waals surface area contributed by atoms with Crippen LogP contribution in [0.25, 0.3) is 11.2 Å². The lowest BCUT2D eigenvalue weighted by molar-refractivity contribution is 0.114. The summed E-state index contributed by atoms with van der Waals surface area (Å²) in [6.45, 7) is 9.97. The van der Waals surface area contributed by atoms with Crippen LogP contribution in [0.1, 0.15) is 19.2 Å². The van der Waals surface area contributed by atoms with Crippen molar-refractivity contribution < 1.29 is 4.74 Å². The average molecular weight is 404 g/mol. The molecular weight excluding hydrogens is 378 g/mol. The first kappa shape index (κ1) is 18.1. The highest BCUT2D eigenvalue weighted by atomic mass is 35.5. The highest BCUT2D eigenvalue weighted by molar-refractivity contribution is 6.28. The average Bonchev–Trinajstić information content (AvgIpc) is 3.31. The molecule has 0 spiro atoms. The van der Waals surface area contributed by atoms with Gasteiger partial charge in [0.25, 0.3) is 0 Å². The molecule has 2 aromatic heterocycles. The van der Waals surface area contributed by atoms with Gasteiger partial charge in [-0.1, -0.05) is 6.08 Å². The number of nitrogens with zero attached hydrogens (tertiary/aromatic N) is 7. The normalized spacial score (nSPS) is 23.0. The fourth-order valence-electron chi connectivity index (χ4n) is 4.49. The molecule has 2 aromatic rings. The van der Waals surface area contributed by atoms with Gasteiger partial charge < -0.3 is 19.1 Å². The molecule has 28 heavy (non-hydrogen) atoms. The summed E-state index contributed by atoms with van der Waals surface area (Å²) in [6, 6.07) is 0.603. The molecule has 0 amide bonds. The van der Waals surface area contributed by atoms with Gasteiger partial charge in [0, 0.05) is 45.3 Å². The predicted molar refractivity (Wildman–Crippen MR) is 109 cm³/mol. The minimum absolute atomic E-state index is 0.279. The van der Waals surface area contributed by atoms with E-state index in [1.165, 1.54) is 0 Å². The Kier molecular flexibility index (Phi) is 4.86. The van der Waals surface area contributed by atoms with Gasteiger partial charge in [-0.2, -0.15) is 9.97 Å². The zero-order chi connectivity index (χ0) is 19.1. The van der Waals surface area contributed by atoms with E-state index in [-0.39, 0.29) is 5.28 Å². The molecule has 5 heterocycles. The van der Waals surface area contributed by atoms with Crippen molar-refractivity contribution >= 4 is 28.6 Å². The number of aryl methyl sites for hydroxylation is 1. The van der Waals surface area contributed by atoms with E-state index < -0.39 is 0 Å². The molecule has 5 rings (SSSR count). The van der Waals surface area contributed by atoms with Crippen molar-refractivity contribution in [2.45, 2.75) is 32.5 Å². The number of fused-ring (bicyclic) bond motifs is 2. The highest BCUT2D eigenvalue weighted by Crippen LogP contribution is 2.28. The second-order valence-corrected chi connectivity index (χ2v) is 7.95. The van der Waals surface area contributed by atoms with Crippen LogP contribution in [-0.4, -0.2) is 81.3 Å². The molecule has 3 aliphatic rings. The van der Waals surface area contributed by atoms with Crippen LogP contribution in [0.2, 0.25) is 5.28 Å². The van der Waals surface area contributed by atoms with Gasteiger partial charge in [0.05, 0.1) is 19.8 Å². The fraction of sp³-hybridized carbons (Fsp3) is 0.632. The van der Waals surface area contributed by atoms with E-state index in [0.29, 0.717) is 19.3 Å². The Morgan fingerprint density at radius 2 is 2.00 bits per heavy atom. The standard InChI is InChI=1S/C19H26ClN7O/c1-2-27-15(13-24-6-7-25-5-3-4-14(25)12-24)21-16-17(22-19(20)23-18(16)27)26-8-10-28-11-9-26/h3,5,14H,2,4,6-13H2,1H3/t14-/m0/s1. The summed E-state index contributed by atoms with van der Waals surface area (Å²) in [4.78, 5) is 21.2. The zero-order valence-corrected chi connectivity index (χ0v) is 17.0. The first-order valence-electron chi connectivity index (χ1n) is 10.1. The van der Waals surface area contributed by atoms with Gasteiger partial charge in [-0.3, -0.25) is 4.90 Å². The molecule has 2 saturated heterocycles. The second-order valence-electron chi connectivity index (χ2n) is 7.61. The molecule has 0 saturated carbocycles. The molecule has 0 radical (unpaired) electrons. The van der Waals surface area contributed by atoms with Crippen molar-refractivity contribution in [2.24, 2.45) is 0 Å². The molecule has 150 valence electrons. The lowest BCUT2D eigenvalue weighted by Gasteiger charge is -2.38. The molecule has 3 aliphatic heterocycles. The maximum absolute atomic E-state index is 6.29. The topological polar surface area (TPSA) is 62.5 Å². The molecule has 0 N–H and O–H groups in total. The molecular formula is C19H26ClN7O. The SMILES string of the molecule is CCn1c(CN2CCN3C=CC[C@H]3C2)nc2c(N3CCOCC3)nc(Cl)nc21. The van der Waals surface area contributed by atoms with Gasteiger partial charge in [0.15, 0.2) is 17.0 Å². The number of hydrogen-bond donors (Lipinski definition) is 0. The number of anilines is 1. The van der Waals surface area contributed by atoms with Crippen LogP contribution in [0.4, 0.5) is 5.82 Å². The van der Waals surface area contributed by atoms with Crippen molar-refractivity contribution in [3.8, 4) is 0 Å². The van der Waals surface area contributed by atoms with E-state index in [1.54, 1.807) is 0 Å². The summed E-state index contributed by atoms with van der Waals surface area (Å²) < 4.78 is 7.68. The largest absolute Gasteiger partial charge is 0.378 e. The Balaban J connectivity index is 1.47. The van der Waals surface area contributed by atoms with Crippen molar-refractivity contribution in [3.63, 3.8) is 0 Å². The van der Waals surface area contributed by atoms with E-state index in [2.05, 4.69) is 48.4 Å². The molecule has 9 heteroatoms. The third-order valence-corrected chi connectivity index (χ3v) is 6.11. The Hall–Kier alpha value is -1.90. The van der Waals surface area contributed by atoms with Crippen LogP contribution in [0.15, 0.2) is 12.3 Å². The van der Waals surface area contributed by atoms with Crippen molar-refractivity contribution in [3.05, 3.63) is 23.4 Å². The van der Waals surface area contributed by atoms with Crippen molar-refractivity contribution in [1.82, 2.24) is 29.3 Å². The lowest BCUT2D eigenvalue weighted by Crippen LogP contribution is -2.48. The number of aromatic nitrogens is 4. The van der Waals surface area contributed by atoms with E-state index >= 15 is 0 Å². The summed E-state index contributed by atoms with van der Waals surface area (Å²) in [6.07, 6.45) is 5.67. The van der Waals surface area contributed by atoms with Crippen LogP contribution in [0, 0.1) is 0 Å². The quantitative estimate of drug-likeness (QED) is 0.720. The maximum Gasteiger partial charge on any atom is 0.226 e. The van der Waals surface area contributed by atoms with Gasteiger partial charge in [-0.15, -0.1) is 0 Å².